The van der Waals surface area contributed by atoms with Crippen LogP contribution < -0.4 is 15.2 Å². The molecule has 4 rings (SSSR count). The van der Waals surface area contributed by atoms with Crippen molar-refractivity contribution in [3.63, 3.8) is 0 Å². The van der Waals surface area contributed by atoms with Crippen molar-refractivity contribution in [2.24, 2.45) is 5.73 Å². The lowest BCUT2D eigenvalue weighted by atomic mass is 10.1. The molecule has 214 valence electrons. The number of rotatable bonds is 11. The molecule has 3 N–H and O–H groups in total. The molecule has 0 unspecified atom stereocenters. The van der Waals surface area contributed by atoms with Gasteiger partial charge >= 0.3 is 0 Å². The van der Waals surface area contributed by atoms with E-state index in [0.717, 1.165) is 13.1 Å². The molecule has 3 aromatic rings. The maximum absolute atomic E-state index is 12.8. The van der Waals surface area contributed by atoms with Crippen LogP contribution in [0.2, 0.25) is 0 Å². The van der Waals surface area contributed by atoms with Crippen LogP contribution >= 0.6 is 0 Å². The molecule has 0 radical (unpaired) electrons. The van der Waals surface area contributed by atoms with Gasteiger partial charge in [-0.1, -0.05) is 0 Å². The van der Waals surface area contributed by atoms with Gasteiger partial charge in [-0.3, -0.25) is 9.59 Å². The Hall–Kier alpha value is -4.00. The average Bonchev–Trinajstić information content (AvgIpc) is 3.32. The van der Waals surface area contributed by atoms with E-state index < -0.39 is 12.0 Å². The van der Waals surface area contributed by atoms with Gasteiger partial charge in [0, 0.05) is 57.2 Å². The number of aliphatic hydroxyl groups is 1. The highest BCUT2D eigenvalue weighted by atomic mass is 16.5. The third-order valence-corrected chi connectivity index (χ3v) is 6.45. The number of amides is 2. The highest BCUT2D eigenvalue weighted by Gasteiger charge is 2.22. The molecule has 3 heterocycles. The van der Waals surface area contributed by atoms with Gasteiger partial charge in [0.1, 0.15) is 29.0 Å². The van der Waals surface area contributed by atoms with Crippen LogP contribution in [0.1, 0.15) is 34.8 Å². The smallest absolute Gasteiger partial charge is 0.274 e. The molecule has 2 atom stereocenters. The molecule has 0 spiro atoms. The van der Waals surface area contributed by atoms with E-state index in [1.165, 1.54) is 12.4 Å². The summed E-state index contributed by atoms with van der Waals surface area (Å²) < 4.78 is 18.9. The van der Waals surface area contributed by atoms with Crippen LogP contribution in [0.5, 0.6) is 17.4 Å². The Morgan fingerprint density at radius 1 is 1.05 bits per heavy atom. The van der Waals surface area contributed by atoms with E-state index in [1.807, 2.05) is 14.0 Å². The minimum Gasteiger partial charge on any atom is -0.488 e. The predicted octanol–water partition coefficient (Wildman–Crippen LogP) is 2.02. The lowest BCUT2D eigenvalue weighted by Gasteiger charge is -2.32. The summed E-state index contributed by atoms with van der Waals surface area (Å²) >= 11 is 0. The highest BCUT2D eigenvalue weighted by Crippen LogP contribution is 2.33. The summed E-state index contributed by atoms with van der Waals surface area (Å²) in [7, 11) is 3.62. The summed E-state index contributed by atoms with van der Waals surface area (Å²) in [6, 6.07) is 8.64. The number of primary amides is 1. The summed E-state index contributed by atoms with van der Waals surface area (Å²) in [4.78, 5) is 37.4. The van der Waals surface area contributed by atoms with Crippen LogP contribution in [0.4, 0.5) is 0 Å². The topological polar surface area (TPSA) is 145 Å². The molecule has 1 aromatic carbocycles. The molecule has 1 aliphatic rings. The van der Waals surface area contributed by atoms with Gasteiger partial charge in [-0.15, -0.1) is 0 Å². The van der Waals surface area contributed by atoms with E-state index in [-0.39, 0.29) is 35.8 Å². The van der Waals surface area contributed by atoms with E-state index in [9.17, 15) is 14.7 Å². The summed E-state index contributed by atoms with van der Waals surface area (Å²) in [5.74, 6) is 0.319. The van der Waals surface area contributed by atoms with Crippen LogP contribution in [0.15, 0.2) is 42.7 Å². The first-order valence-corrected chi connectivity index (χ1v) is 13.1. The van der Waals surface area contributed by atoms with Crippen LogP contribution in [0, 0.1) is 0 Å². The number of hydrogen-bond donors (Lipinski definition) is 2. The van der Waals surface area contributed by atoms with Crippen molar-refractivity contribution < 1.29 is 28.9 Å². The normalized spacial score (nSPS) is 15.5. The van der Waals surface area contributed by atoms with Gasteiger partial charge in [0.2, 0.25) is 5.88 Å². The Morgan fingerprint density at radius 3 is 2.40 bits per heavy atom. The number of aliphatic hydroxyl groups excluding tert-OH is 1. The van der Waals surface area contributed by atoms with Crippen LogP contribution in [0.25, 0.3) is 11.3 Å². The summed E-state index contributed by atoms with van der Waals surface area (Å²) in [5, 5.41) is 10.1. The fourth-order valence-electron chi connectivity index (χ4n) is 4.51. The summed E-state index contributed by atoms with van der Waals surface area (Å²) in [6.07, 6.45) is 1.85. The molecule has 2 amide bonds. The molecule has 0 saturated carbocycles. The van der Waals surface area contributed by atoms with Gasteiger partial charge in [0.25, 0.3) is 11.8 Å². The second kappa shape index (κ2) is 12.9. The van der Waals surface area contributed by atoms with Crippen molar-refractivity contribution in [2.75, 3.05) is 46.9 Å². The molecule has 0 aliphatic carbocycles. The Morgan fingerprint density at radius 2 is 1.77 bits per heavy atom. The van der Waals surface area contributed by atoms with Crippen molar-refractivity contribution in [1.29, 1.82) is 0 Å². The zero-order chi connectivity index (χ0) is 28.8. The van der Waals surface area contributed by atoms with E-state index in [2.05, 4.69) is 14.9 Å². The SMILES string of the molecule is COC[C@H](C)Oc1cc(Oc2cnc(C(=O)N3CCN(C)CC3)cn2)cc(-c2ccc(C(N)=O)n2C[C@@H](C)O)c1. The van der Waals surface area contributed by atoms with Crippen molar-refractivity contribution >= 4 is 11.8 Å². The van der Waals surface area contributed by atoms with E-state index in [0.29, 0.717) is 42.5 Å². The second-order valence-electron chi connectivity index (χ2n) is 9.94. The number of carbonyl (C=O) groups is 2. The molecule has 12 heteroatoms. The van der Waals surface area contributed by atoms with E-state index in [4.69, 9.17) is 19.9 Å². The largest absolute Gasteiger partial charge is 0.488 e. The number of carbonyl (C=O) groups excluding carboxylic acids is 2. The number of piperazine rings is 1. The van der Waals surface area contributed by atoms with Gasteiger partial charge in [-0.05, 0) is 45.2 Å². The highest BCUT2D eigenvalue weighted by molar-refractivity contribution is 5.93. The zero-order valence-corrected chi connectivity index (χ0v) is 23.2. The standard InChI is InChI=1S/C28H36N6O6/c1-18(35)16-34-24(5-6-25(34)27(29)36)20-11-21(39-19(2)17-38-4)13-22(12-20)40-26-15-30-23(14-31-26)28(37)33-9-7-32(3)8-10-33/h5-6,11-15,18-19,35H,7-10,16-17H2,1-4H3,(H2,29,36)/t18-,19+/m1/s1. The van der Waals surface area contributed by atoms with Crippen molar-refractivity contribution in [3.05, 3.63) is 54.1 Å². The summed E-state index contributed by atoms with van der Waals surface area (Å²) in [6.45, 7) is 6.94. The number of likely N-dealkylation sites (N-methyl/N-ethyl adjacent to an activating group) is 1. The molecule has 40 heavy (non-hydrogen) atoms. The van der Waals surface area contributed by atoms with Crippen molar-refractivity contribution in [1.82, 2.24) is 24.3 Å². The maximum Gasteiger partial charge on any atom is 0.274 e. The number of aromatic nitrogens is 3. The number of ether oxygens (including phenoxy) is 3. The predicted molar refractivity (Wildman–Crippen MR) is 148 cm³/mol. The number of nitrogens with zero attached hydrogens (tertiary/aromatic N) is 5. The molecule has 2 aromatic heterocycles. The van der Waals surface area contributed by atoms with Gasteiger partial charge in [-0.25, -0.2) is 9.97 Å². The Bertz CT molecular complexity index is 1320. The van der Waals surface area contributed by atoms with Gasteiger partial charge in [-0.2, -0.15) is 0 Å². The first kappa shape index (κ1) is 29.0. The third kappa shape index (κ3) is 7.14. The lowest BCUT2D eigenvalue weighted by Crippen LogP contribution is -2.47. The van der Waals surface area contributed by atoms with Crippen LogP contribution in [0.3, 0.4) is 0 Å². The average molecular weight is 553 g/mol. The van der Waals surface area contributed by atoms with Crippen LogP contribution in [-0.2, 0) is 11.3 Å². The Labute approximate surface area is 233 Å². The molecular formula is C28H36N6O6. The number of hydrogen-bond acceptors (Lipinski definition) is 9. The first-order chi connectivity index (χ1) is 19.1. The number of benzene rings is 1. The van der Waals surface area contributed by atoms with Gasteiger partial charge in [0.05, 0.1) is 25.1 Å². The van der Waals surface area contributed by atoms with E-state index >= 15 is 0 Å². The molecule has 0 bridgehead atoms. The molecule has 12 nitrogen and oxygen atoms in total. The zero-order valence-electron chi connectivity index (χ0n) is 23.2. The van der Waals surface area contributed by atoms with Crippen molar-refractivity contribution in [3.8, 4) is 28.6 Å². The van der Waals surface area contributed by atoms with E-state index in [1.54, 1.807) is 53.8 Å². The minimum absolute atomic E-state index is 0.163. The molecule has 1 saturated heterocycles. The third-order valence-electron chi connectivity index (χ3n) is 6.45. The monoisotopic (exact) mass is 552 g/mol. The first-order valence-electron chi connectivity index (χ1n) is 13.1. The number of nitrogens with two attached hydrogens (primary N) is 1. The van der Waals surface area contributed by atoms with Gasteiger partial charge < -0.3 is 39.4 Å². The molecule has 1 aliphatic heterocycles. The lowest BCUT2D eigenvalue weighted by molar-refractivity contribution is 0.0657. The van der Waals surface area contributed by atoms with Crippen LogP contribution in [-0.4, -0.2) is 100 Å². The van der Waals surface area contributed by atoms with Crippen molar-refractivity contribution in [2.45, 2.75) is 32.6 Å². The fraction of sp³-hybridized carbons (Fsp3) is 0.429. The molecular weight excluding hydrogens is 516 g/mol. The Kier molecular flexibility index (Phi) is 9.35. The maximum atomic E-state index is 12.8. The summed E-state index contributed by atoms with van der Waals surface area (Å²) in [5.41, 5.74) is 7.41. The second-order valence-corrected chi connectivity index (χ2v) is 9.94. The quantitative estimate of drug-likeness (QED) is 0.365. The number of methoxy groups -OCH3 is 1. The Balaban J connectivity index is 1.62. The fourth-order valence-corrected chi connectivity index (χ4v) is 4.51. The van der Waals surface area contributed by atoms with Gasteiger partial charge in [0.15, 0.2) is 0 Å². The minimum atomic E-state index is -0.719. The molecule has 1 fully saturated rings.